The molecule has 3 rings (SSSR count). The number of carbonyl (C=O) groups excluding carboxylic acids is 1. The van der Waals surface area contributed by atoms with Crippen LogP contribution < -0.4 is 5.32 Å². The Morgan fingerprint density at radius 1 is 1.52 bits per heavy atom. The smallest absolute Gasteiger partial charge is 0.275 e. The standard InChI is InChI=1S/C15H20N4OS/c1-9(2)19-12(6-7-16-19)14(20)18-15-17-11-5-4-10(3)8-13(11)21-15/h6-7,9-10H,4-5,8H2,1-3H3,(H,17,18,20). The Morgan fingerprint density at radius 3 is 3.10 bits per heavy atom. The van der Waals surface area contributed by atoms with Gasteiger partial charge in [0, 0.05) is 17.1 Å². The number of aryl methyl sites for hydroxylation is 1. The van der Waals surface area contributed by atoms with Crippen molar-refractivity contribution in [3.8, 4) is 0 Å². The number of thiazole rings is 1. The van der Waals surface area contributed by atoms with Crippen LogP contribution in [0.4, 0.5) is 5.13 Å². The fraction of sp³-hybridized carbons (Fsp3) is 0.533. The normalized spacial score (nSPS) is 17.8. The summed E-state index contributed by atoms with van der Waals surface area (Å²) in [7, 11) is 0. The van der Waals surface area contributed by atoms with Crippen LogP contribution in [0.5, 0.6) is 0 Å². The Kier molecular flexibility index (Phi) is 3.80. The molecule has 0 bridgehead atoms. The lowest BCUT2D eigenvalue weighted by Gasteiger charge is -2.15. The molecule has 1 aliphatic rings. The zero-order valence-electron chi connectivity index (χ0n) is 12.6. The third kappa shape index (κ3) is 2.85. The summed E-state index contributed by atoms with van der Waals surface area (Å²) in [4.78, 5) is 18.3. The minimum atomic E-state index is -0.139. The monoisotopic (exact) mass is 304 g/mol. The van der Waals surface area contributed by atoms with Gasteiger partial charge in [0.15, 0.2) is 5.13 Å². The number of hydrogen-bond donors (Lipinski definition) is 1. The number of amides is 1. The molecule has 2 aromatic heterocycles. The van der Waals surface area contributed by atoms with E-state index in [4.69, 9.17) is 0 Å². The van der Waals surface area contributed by atoms with Crippen LogP contribution in [0.2, 0.25) is 0 Å². The molecule has 112 valence electrons. The summed E-state index contributed by atoms with van der Waals surface area (Å²) in [5.74, 6) is 0.573. The van der Waals surface area contributed by atoms with Crippen LogP contribution in [0.15, 0.2) is 12.3 Å². The highest BCUT2D eigenvalue weighted by atomic mass is 32.1. The van der Waals surface area contributed by atoms with E-state index in [2.05, 4.69) is 22.3 Å². The topological polar surface area (TPSA) is 59.8 Å². The molecule has 5 nitrogen and oxygen atoms in total. The summed E-state index contributed by atoms with van der Waals surface area (Å²) in [6, 6.07) is 1.90. The van der Waals surface area contributed by atoms with Crippen LogP contribution in [0.3, 0.4) is 0 Å². The molecule has 0 saturated carbocycles. The highest BCUT2D eigenvalue weighted by Crippen LogP contribution is 2.32. The zero-order valence-corrected chi connectivity index (χ0v) is 13.4. The van der Waals surface area contributed by atoms with Gasteiger partial charge in [0.05, 0.1) is 5.69 Å². The molecule has 2 heterocycles. The van der Waals surface area contributed by atoms with Gasteiger partial charge in [0.2, 0.25) is 0 Å². The molecule has 6 heteroatoms. The maximum absolute atomic E-state index is 12.4. The van der Waals surface area contributed by atoms with Crippen molar-refractivity contribution in [1.82, 2.24) is 14.8 Å². The molecule has 21 heavy (non-hydrogen) atoms. The van der Waals surface area contributed by atoms with E-state index in [0.717, 1.165) is 18.5 Å². The third-order valence-electron chi connectivity index (χ3n) is 3.80. The number of aromatic nitrogens is 3. The lowest BCUT2D eigenvalue weighted by Crippen LogP contribution is -2.18. The van der Waals surface area contributed by atoms with E-state index in [1.54, 1.807) is 28.3 Å². The predicted molar refractivity (Wildman–Crippen MR) is 83.9 cm³/mol. The fourth-order valence-electron chi connectivity index (χ4n) is 2.66. The Hall–Kier alpha value is -1.69. The minimum Gasteiger partial charge on any atom is -0.296 e. The van der Waals surface area contributed by atoms with Crippen LogP contribution in [0.1, 0.15) is 54.3 Å². The minimum absolute atomic E-state index is 0.139. The van der Waals surface area contributed by atoms with E-state index in [1.165, 1.54) is 11.3 Å². The summed E-state index contributed by atoms with van der Waals surface area (Å²) in [6.07, 6.45) is 4.94. The number of nitrogens with zero attached hydrogens (tertiary/aromatic N) is 3. The first kappa shape index (κ1) is 14.3. The second-order valence-electron chi connectivity index (χ2n) is 5.95. The largest absolute Gasteiger partial charge is 0.296 e. The van der Waals surface area contributed by atoms with E-state index in [0.29, 0.717) is 16.7 Å². The van der Waals surface area contributed by atoms with Crippen molar-refractivity contribution in [3.63, 3.8) is 0 Å². The number of carbonyl (C=O) groups is 1. The number of anilines is 1. The van der Waals surface area contributed by atoms with E-state index in [1.807, 2.05) is 13.8 Å². The number of rotatable bonds is 3. The molecule has 0 aliphatic heterocycles. The quantitative estimate of drug-likeness (QED) is 0.946. The molecule has 1 atom stereocenters. The van der Waals surface area contributed by atoms with Crippen LogP contribution in [-0.4, -0.2) is 20.7 Å². The lowest BCUT2D eigenvalue weighted by atomic mass is 9.93. The predicted octanol–water partition coefficient (Wildman–Crippen LogP) is 3.30. The zero-order chi connectivity index (χ0) is 15.0. The molecule has 0 aromatic carbocycles. The Morgan fingerprint density at radius 2 is 2.33 bits per heavy atom. The second-order valence-corrected chi connectivity index (χ2v) is 7.03. The van der Waals surface area contributed by atoms with Gasteiger partial charge in [-0.3, -0.25) is 14.8 Å². The van der Waals surface area contributed by atoms with Gasteiger partial charge in [-0.15, -0.1) is 11.3 Å². The molecule has 1 amide bonds. The molecule has 1 unspecified atom stereocenters. The molecule has 0 spiro atoms. The molecule has 0 fully saturated rings. The van der Waals surface area contributed by atoms with Crippen molar-refractivity contribution in [2.45, 2.75) is 46.1 Å². The van der Waals surface area contributed by atoms with Crippen molar-refractivity contribution in [2.24, 2.45) is 5.92 Å². The van der Waals surface area contributed by atoms with Crippen molar-refractivity contribution >= 4 is 22.4 Å². The van der Waals surface area contributed by atoms with E-state index in [-0.39, 0.29) is 11.9 Å². The second kappa shape index (κ2) is 5.60. The summed E-state index contributed by atoms with van der Waals surface area (Å²) in [5.41, 5.74) is 1.73. The van der Waals surface area contributed by atoms with Gasteiger partial charge in [-0.2, -0.15) is 5.10 Å². The fourth-order valence-corrected chi connectivity index (χ4v) is 3.83. The van der Waals surface area contributed by atoms with Gasteiger partial charge >= 0.3 is 0 Å². The van der Waals surface area contributed by atoms with Gasteiger partial charge in [-0.1, -0.05) is 6.92 Å². The molecule has 2 aromatic rings. The first-order chi connectivity index (χ1) is 10.0. The molecule has 1 aliphatic carbocycles. The first-order valence-electron chi connectivity index (χ1n) is 7.38. The average Bonchev–Trinajstić information content (AvgIpc) is 3.03. The molecule has 0 radical (unpaired) electrons. The van der Waals surface area contributed by atoms with Crippen LogP contribution >= 0.6 is 11.3 Å². The van der Waals surface area contributed by atoms with Crippen molar-refractivity contribution in [3.05, 3.63) is 28.5 Å². The summed E-state index contributed by atoms with van der Waals surface area (Å²) in [6.45, 7) is 6.28. The Balaban J connectivity index is 1.78. The van der Waals surface area contributed by atoms with Gasteiger partial charge in [0.25, 0.3) is 5.91 Å². The summed E-state index contributed by atoms with van der Waals surface area (Å²) < 4.78 is 1.73. The summed E-state index contributed by atoms with van der Waals surface area (Å²) in [5, 5.41) is 7.82. The molecule has 0 saturated heterocycles. The van der Waals surface area contributed by atoms with Crippen molar-refractivity contribution in [2.75, 3.05) is 5.32 Å². The van der Waals surface area contributed by atoms with Gasteiger partial charge in [-0.05, 0) is 45.1 Å². The van der Waals surface area contributed by atoms with Gasteiger partial charge in [-0.25, -0.2) is 4.98 Å². The Bertz CT molecular complexity index is 658. The first-order valence-corrected chi connectivity index (χ1v) is 8.19. The van der Waals surface area contributed by atoms with Crippen molar-refractivity contribution < 1.29 is 4.79 Å². The number of fused-ring (bicyclic) bond motifs is 1. The van der Waals surface area contributed by atoms with Gasteiger partial charge < -0.3 is 0 Å². The average molecular weight is 304 g/mol. The lowest BCUT2D eigenvalue weighted by molar-refractivity contribution is 0.101. The molecule has 1 N–H and O–H groups in total. The van der Waals surface area contributed by atoms with Crippen LogP contribution in [0.25, 0.3) is 0 Å². The van der Waals surface area contributed by atoms with Crippen LogP contribution in [0, 0.1) is 5.92 Å². The maximum Gasteiger partial charge on any atom is 0.275 e. The molecular formula is C15H20N4OS. The highest BCUT2D eigenvalue weighted by Gasteiger charge is 2.21. The highest BCUT2D eigenvalue weighted by molar-refractivity contribution is 7.15. The SMILES string of the molecule is CC1CCc2nc(NC(=O)c3ccnn3C(C)C)sc2C1. The van der Waals surface area contributed by atoms with Crippen LogP contribution in [-0.2, 0) is 12.8 Å². The van der Waals surface area contributed by atoms with E-state index in [9.17, 15) is 4.79 Å². The maximum atomic E-state index is 12.4. The molecular weight excluding hydrogens is 284 g/mol. The number of hydrogen-bond acceptors (Lipinski definition) is 4. The summed E-state index contributed by atoms with van der Waals surface area (Å²) >= 11 is 1.61. The van der Waals surface area contributed by atoms with E-state index >= 15 is 0 Å². The van der Waals surface area contributed by atoms with Gasteiger partial charge in [0.1, 0.15) is 5.69 Å². The van der Waals surface area contributed by atoms with E-state index < -0.39 is 0 Å². The Labute approximate surface area is 128 Å². The van der Waals surface area contributed by atoms with Crippen molar-refractivity contribution in [1.29, 1.82) is 0 Å². The number of nitrogens with one attached hydrogen (secondary N) is 1. The third-order valence-corrected chi connectivity index (χ3v) is 4.83.